The molecule has 100 valence electrons. The first-order chi connectivity index (χ1) is 8.34. The van der Waals surface area contributed by atoms with Gasteiger partial charge >= 0.3 is 0 Å². The standard InChI is InChI=1S/C10H11Cl2FN2O2S/c11-7-1-2-8(9(12)10(7)13)18(16,17)15-4-3-6(14)5-15/h1-2,6H,3-5,14H2/t6-/m1/s1. The molecule has 4 nitrogen and oxygen atoms in total. The highest BCUT2D eigenvalue weighted by molar-refractivity contribution is 7.89. The molecule has 1 aromatic rings. The Morgan fingerprint density at radius 2 is 2.06 bits per heavy atom. The summed E-state index contributed by atoms with van der Waals surface area (Å²) in [6.07, 6.45) is 0.576. The molecule has 2 N–H and O–H groups in total. The van der Waals surface area contributed by atoms with Crippen LogP contribution in [0.25, 0.3) is 0 Å². The number of halogens is 3. The van der Waals surface area contributed by atoms with Gasteiger partial charge in [0, 0.05) is 19.1 Å². The minimum absolute atomic E-state index is 0.198. The Hall–Kier alpha value is -0.400. The van der Waals surface area contributed by atoms with E-state index in [1.54, 1.807) is 0 Å². The van der Waals surface area contributed by atoms with Crippen molar-refractivity contribution in [3.8, 4) is 0 Å². The summed E-state index contributed by atoms with van der Waals surface area (Å²) in [7, 11) is -3.82. The zero-order valence-corrected chi connectivity index (χ0v) is 11.6. The Balaban J connectivity index is 2.45. The highest BCUT2D eigenvalue weighted by Crippen LogP contribution is 2.32. The Kier molecular flexibility index (Phi) is 3.85. The largest absolute Gasteiger partial charge is 0.326 e. The van der Waals surface area contributed by atoms with E-state index in [1.165, 1.54) is 16.4 Å². The Morgan fingerprint density at radius 3 is 2.61 bits per heavy atom. The van der Waals surface area contributed by atoms with Crippen LogP contribution in [0.5, 0.6) is 0 Å². The predicted molar refractivity (Wildman–Crippen MR) is 67.8 cm³/mol. The highest BCUT2D eigenvalue weighted by Gasteiger charge is 2.33. The van der Waals surface area contributed by atoms with Gasteiger partial charge in [0.2, 0.25) is 10.0 Å². The average Bonchev–Trinajstić information content (AvgIpc) is 2.73. The molecule has 0 saturated carbocycles. The minimum atomic E-state index is -3.82. The van der Waals surface area contributed by atoms with Crippen LogP contribution in [-0.2, 0) is 10.0 Å². The third-order valence-corrected chi connectivity index (χ3v) is 5.49. The van der Waals surface area contributed by atoms with E-state index in [9.17, 15) is 12.8 Å². The minimum Gasteiger partial charge on any atom is -0.326 e. The van der Waals surface area contributed by atoms with Crippen LogP contribution in [0.3, 0.4) is 0 Å². The molecule has 0 bridgehead atoms. The molecule has 0 aliphatic carbocycles. The van der Waals surface area contributed by atoms with E-state index < -0.39 is 20.9 Å². The van der Waals surface area contributed by atoms with E-state index in [0.717, 1.165) is 0 Å². The second-order valence-corrected chi connectivity index (χ2v) is 6.78. The van der Waals surface area contributed by atoms with Gasteiger partial charge in [-0.2, -0.15) is 4.31 Å². The third-order valence-electron chi connectivity index (χ3n) is 2.81. The van der Waals surface area contributed by atoms with Crippen molar-refractivity contribution in [1.29, 1.82) is 0 Å². The fraction of sp³-hybridized carbons (Fsp3) is 0.400. The molecule has 0 radical (unpaired) electrons. The van der Waals surface area contributed by atoms with Crippen LogP contribution in [-0.4, -0.2) is 31.9 Å². The number of rotatable bonds is 2. The summed E-state index contributed by atoms with van der Waals surface area (Å²) < 4.78 is 39.2. The summed E-state index contributed by atoms with van der Waals surface area (Å²) in [4.78, 5) is -0.278. The molecule has 1 atom stereocenters. The molecule has 1 heterocycles. The summed E-state index contributed by atoms with van der Waals surface area (Å²) in [5, 5.41) is -0.694. The number of nitrogens with two attached hydrogens (primary N) is 1. The zero-order valence-electron chi connectivity index (χ0n) is 9.24. The lowest BCUT2D eigenvalue weighted by Gasteiger charge is -2.17. The quantitative estimate of drug-likeness (QED) is 0.848. The van der Waals surface area contributed by atoms with Gasteiger partial charge in [0.25, 0.3) is 0 Å². The molecule has 0 unspecified atom stereocenters. The summed E-state index contributed by atoms with van der Waals surface area (Å²) in [5.74, 6) is -0.928. The maximum atomic E-state index is 13.5. The van der Waals surface area contributed by atoms with Gasteiger partial charge in [-0.1, -0.05) is 23.2 Å². The molecule has 1 fully saturated rings. The van der Waals surface area contributed by atoms with Gasteiger partial charge in [-0.25, -0.2) is 12.8 Å². The van der Waals surface area contributed by atoms with E-state index in [4.69, 9.17) is 28.9 Å². The number of benzene rings is 1. The van der Waals surface area contributed by atoms with Crippen LogP contribution in [0.2, 0.25) is 10.0 Å². The van der Waals surface area contributed by atoms with Crippen molar-refractivity contribution in [3.63, 3.8) is 0 Å². The Morgan fingerprint density at radius 1 is 1.39 bits per heavy atom. The van der Waals surface area contributed by atoms with Gasteiger partial charge in [0.05, 0.1) is 10.0 Å². The molecule has 1 aliphatic heterocycles. The van der Waals surface area contributed by atoms with Crippen LogP contribution < -0.4 is 5.73 Å². The Labute approximate surface area is 115 Å². The molecule has 1 aromatic carbocycles. The third kappa shape index (κ3) is 2.35. The number of sulfonamides is 1. The SMILES string of the molecule is N[C@@H]1CCN(S(=O)(=O)c2ccc(Cl)c(F)c2Cl)C1. The molecule has 1 saturated heterocycles. The average molecular weight is 313 g/mol. The maximum Gasteiger partial charge on any atom is 0.244 e. The smallest absolute Gasteiger partial charge is 0.244 e. The molecular formula is C10H11Cl2FN2O2S. The van der Waals surface area contributed by atoms with Gasteiger partial charge in [0.15, 0.2) is 5.82 Å². The lowest BCUT2D eigenvalue weighted by molar-refractivity contribution is 0.471. The second kappa shape index (κ2) is 4.94. The molecular weight excluding hydrogens is 302 g/mol. The topological polar surface area (TPSA) is 63.4 Å². The van der Waals surface area contributed by atoms with Crippen LogP contribution in [0.4, 0.5) is 4.39 Å². The summed E-state index contributed by atoms with van der Waals surface area (Å²) in [5.41, 5.74) is 5.66. The first kappa shape index (κ1) is 14.0. The summed E-state index contributed by atoms with van der Waals surface area (Å²) >= 11 is 11.2. The number of nitrogens with zero attached hydrogens (tertiary/aromatic N) is 1. The predicted octanol–water partition coefficient (Wildman–Crippen LogP) is 1.85. The summed E-state index contributed by atoms with van der Waals surface area (Å²) in [6, 6.07) is 2.18. The van der Waals surface area contributed by atoms with Crippen LogP contribution in [0.1, 0.15) is 6.42 Å². The normalized spacial score (nSPS) is 21.4. The van der Waals surface area contributed by atoms with E-state index in [-0.39, 0.29) is 22.5 Å². The monoisotopic (exact) mass is 312 g/mol. The lowest BCUT2D eigenvalue weighted by atomic mass is 10.3. The fourth-order valence-electron chi connectivity index (χ4n) is 1.82. The van der Waals surface area contributed by atoms with Crippen molar-refractivity contribution in [3.05, 3.63) is 28.0 Å². The van der Waals surface area contributed by atoms with Crippen molar-refractivity contribution < 1.29 is 12.8 Å². The van der Waals surface area contributed by atoms with Crippen molar-refractivity contribution in [2.24, 2.45) is 5.73 Å². The lowest BCUT2D eigenvalue weighted by Crippen LogP contribution is -2.32. The molecule has 0 aromatic heterocycles. The van der Waals surface area contributed by atoms with E-state index in [2.05, 4.69) is 0 Å². The molecule has 18 heavy (non-hydrogen) atoms. The fourth-order valence-corrected chi connectivity index (χ4v) is 4.05. The Bertz CT molecular complexity index is 579. The molecule has 8 heteroatoms. The maximum absolute atomic E-state index is 13.5. The van der Waals surface area contributed by atoms with E-state index in [0.29, 0.717) is 13.0 Å². The van der Waals surface area contributed by atoms with Gasteiger partial charge in [-0.05, 0) is 18.6 Å². The van der Waals surface area contributed by atoms with Gasteiger partial charge < -0.3 is 5.73 Å². The number of hydrogen-bond donors (Lipinski definition) is 1. The van der Waals surface area contributed by atoms with Crippen LogP contribution >= 0.6 is 23.2 Å². The van der Waals surface area contributed by atoms with Gasteiger partial charge in [-0.15, -0.1) is 0 Å². The molecule has 0 spiro atoms. The zero-order chi connectivity index (χ0) is 13.5. The van der Waals surface area contributed by atoms with Crippen molar-refractivity contribution in [2.45, 2.75) is 17.4 Å². The van der Waals surface area contributed by atoms with Crippen molar-refractivity contribution in [2.75, 3.05) is 13.1 Å². The van der Waals surface area contributed by atoms with Crippen molar-refractivity contribution in [1.82, 2.24) is 4.31 Å². The first-order valence-corrected chi connectivity index (χ1v) is 7.43. The second-order valence-electron chi connectivity index (χ2n) is 4.09. The molecule has 2 rings (SSSR count). The highest BCUT2D eigenvalue weighted by atomic mass is 35.5. The van der Waals surface area contributed by atoms with Gasteiger partial charge in [0.1, 0.15) is 4.90 Å². The van der Waals surface area contributed by atoms with Crippen molar-refractivity contribution >= 4 is 33.2 Å². The van der Waals surface area contributed by atoms with Crippen LogP contribution in [0.15, 0.2) is 17.0 Å². The molecule has 0 amide bonds. The first-order valence-electron chi connectivity index (χ1n) is 5.23. The van der Waals surface area contributed by atoms with E-state index in [1.807, 2.05) is 0 Å². The van der Waals surface area contributed by atoms with E-state index >= 15 is 0 Å². The number of hydrogen-bond acceptors (Lipinski definition) is 3. The summed E-state index contributed by atoms with van der Waals surface area (Å²) in [6.45, 7) is 0.521. The molecule has 1 aliphatic rings. The van der Waals surface area contributed by atoms with Gasteiger partial charge in [-0.3, -0.25) is 0 Å². The van der Waals surface area contributed by atoms with Crippen LogP contribution in [0, 0.1) is 5.82 Å².